The van der Waals surface area contributed by atoms with Crippen LogP contribution >= 0.6 is 0 Å². The molecule has 4 nitrogen and oxygen atoms in total. The van der Waals surface area contributed by atoms with Gasteiger partial charge in [0.1, 0.15) is 11.6 Å². The normalized spacial score (nSPS) is 15.4. The number of hydrogen-bond donors (Lipinski definition) is 1. The molecule has 5 heteroatoms. The number of halogens is 1. The summed E-state index contributed by atoms with van der Waals surface area (Å²) in [5, 5.41) is 4.84. The Labute approximate surface area is 153 Å². The van der Waals surface area contributed by atoms with Crippen LogP contribution in [0.1, 0.15) is 5.56 Å². The molecule has 0 aliphatic carbocycles. The van der Waals surface area contributed by atoms with Crippen molar-refractivity contribution in [2.75, 3.05) is 43.4 Å². The standard InChI is InChI=1S/C21H23FN4/c1-25-10-12-26(13-11-25)21-17-8-5-9-18(22)20(17)19(15-24-21)23-14-16-6-3-2-4-7-16/h2-9,15,23H,10-14H2,1H3. The SMILES string of the molecule is CN1CCN(c2ncc(NCc3ccccc3)c3c(F)cccc23)CC1. The van der Waals surface area contributed by atoms with Gasteiger partial charge >= 0.3 is 0 Å². The van der Waals surface area contributed by atoms with Crippen LogP contribution in [0.4, 0.5) is 15.9 Å². The number of pyridine rings is 1. The molecular weight excluding hydrogens is 327 g/mol. The van der Waals surface area contributed by atoms with Crippen molar-refractivity contribution >= 4 is 22.3 Å². The summed E-state index contributed by atoms with van der Waals surface area (Å²) in [7, 11) is 2.12. The number of hydrogen-bond acceptors (Lipinski definition) is 4. The van der Waals surface area contributed by atoms with E-state index in [4.69, 9.17) is 0 Å². The predicted octanol–water partition coefficient (Wildman–Crippen LogP) is 3.74. The van der Waals surface area contributed by atoms with Gasteiger partial charge in [-0.1, -0.05) is 42.5 Å². The van der Waals surface area contributed by atoms with E-state index in [1.54, 1.807) is 12.3 Å². The van der Waals surface area contributed by atoms with Crippen LogP contribution in [0.3, 0.4) is 0 Å². The van der Waals surface area contributed by atoms with Gasteiger partial charge in [-0.2, -0.15) is 0 Å². The second-order valence-electron chi connectivity index (χ2n) is 6.79. The van der Waals surface area contributed by atoms with Crippen LogP contribution in [0.15, 0.2) is 54.7 Å². The summed E-state index contributed by atoms with van der Waals surface area (Å²) in [6, 6.07) is 15.4. The fourth-order valence-electron chi connectivity index (χ4n) is 3.44. The molecule has 1 aromatic heterocycles. The second kappa shape index (κ2) is 7.30. The molecule has 3 aromatic rings. The minimum Gasteiger partial charge on any atom is -0.379 e. The van der Waals surface area contributed by atoms with Crippen LogP contribution < -0.4 is 10.2 Å². The number of nitrogens with one attached hydrogen (secondary N) is 1. The maximum absolute atomic E-state index is 14.7. The van der Waals surface area contributed by atoms with Crippen molar-refractivity contribution < 1.29 is 4.39 Å². The Morgan fingerprint density at radius 3 is 2.54 bits per heavy atom. The first kappa shape index (κ1) is 16.8. The Hall–Kier alpha value is -2.66. The molecule has 0 amide bonds. The van der Waals surface area contributed by atoms with E-state index in [0.29, 0.717) is 11.9 Å². The van der Waals surface area contributed by atoms with E-state index in [-0.39, 0.29) is 5.82 Å². The zero-order valence-electron chi connectivity index (χ0n) is 15.0. The summed E-state index contributed by atoms with van der Waals surface area (Å²) >= 11 is 0. The van der Waals surface area contributed by atoms with Crippen LogP contribution in [-0.4, -0.2) is 43.1 Å². The van der Waals surface area contributed by atoms with Gasteiger partial charge in [0.15, 0.2) is 0 Å². The molecule has 1 saturated heterocycles. The van der Waals surface area contributed by atoms with E-state index in [0.717, 1.165) is 48.6 Å². The first-order valence-electron chi connectivity index (χ1n) is 9.01. The summed E-state index contributed by atoms with van der Waals surface area (Å²) in [6.07, 6.45) is 1.77. The summed E-state index contributed by atoms with van der Waals surface area (Å²) in [4.78, 5) is 9.24. The maximum atomic E-state index is 14.7. The van der Waals surface area contributed by atoms with Crippen LogP contribution in [-0.2, 0) is 6.54 Å². The van der Waals surface area contributed by atoms with Gasteiger partial charge in [-0.3, -0.25) is 0 Å². The van der Waals surface area contributed by atoms with Crippen LogP contribution in [0.5, 0.6) is 0 Å². The zero-order valence-corrected chi connectivity index (χ0v) is 15.0. The molecule has 1 N–H and O–H groups in total. The molecule has 1 aliphatic heterocycles. The molecule has 0 saturated carbocycles. The Morgan fingerprint density at radius 1 is 1.00 bits per heavy atom. The number of aromatic nitrogens is 1. The minimum atomic E-state index is -0.212. The third-order valence-corrected chi connectivity index (χ3v) is 4.97. The molecule has 0 spiro atoms. The highest BCUT2D eigenvalue weighted by Crippen LogP contribution is 2.32. The molecule has 0 unspecified atom stereocenters. The van der Waals surface area contributed by atoms with E-state index < -0.39 is 0 Å². The van der Waals surface area contributed by atoms with Gasteiger partial charge in [-0.25, -0.2) is 9.37 Å². The summed E-state index contributed by atoms with van der Waals surface area (Å²) in [5.74, 6) is 0.661. The zero-order chi connectivity index (χ0) is 17.9. The fraction of sp³-hybridized carbons (Fsp3) is 0.286. The Morgan fingerprint density at radius 2 is 1.77 bits per heavy atom. The summed E-state index contributed by atoms with van der Waals surface area (Å²) < 4.78 is 14.7. The Balaban J connectivity index is 1.68. The number of fused-ring (bicyclic) bond motifs is 1. The largest absolute Gasteiger partial charge is 0.379 e. The molecule has 1 aliphatic rings. The third-order valence-electron chi connectivity index (χ3n) is 4.97. The van der Waals surface area contributed by atoms with Crippen molar-refractivity contribution in [3.63, 3.8) is 0 Å². The molecule has 26 heavy (non-hydrogen) atoms. The quantitative estimate of drug-likeness (QED) is 0.777. The van der Waals surface area contributed by atoms with Gasteiger partial charge in [0.2, 0.25) is 0 Å². The lowest BCUT2D eigenvalue weighted by molar-refractivity contribution is 0.312. The third kappa shape index (κ3) is 3.35. The average molecular weight is 350 g/mol. The fourth-order valence-corrected chi connectivity index (χ4v) is 3.44. The van der Waals surface area contributed by atoms with E-state index in [1.165, 1.54) is 6.07 Å². The first-order chi connectivity index (χ1) is 12.7. The van der Waals surface area contributed by atoms with Gasteiger partial charge < -0.3 is 15.1 Å². The maximum Gasteiger partial charge on any atom is 0.136 e. The number of anilines is 2. The predicted molar refractivity (Wildman–Crippen MR) is 105 cm³/mol. The van der Waals surface area contributed by atoms with Crippen molar-refractivity contribution in [1.29, 1.82) is 0 Å². The Kier molecular flexibility index (Phi) is 4.71. The highest BCUT2D eigenvalue weighted by molar-refractivity contribution is 6.00. The monoisotopic (exact) mass is 350 g/mol. The average Bonchev–Trinajstić information content (AvgIpc) is 2.68. The van der Waals surface area contributed by atoms with E-state index in [9.17, 15) is 4.39 Å². The van der Waals surface area contributed by atoms with Gasteiger partial charge in [0.25, 0.3) is 0 Å². The van der Waals surface area contributed by atoms with Gasteiger partial charge in [-0.15, -0.1) is 0 Å². The van der Waals surface area contributed by atoms with Crippen molar-refractivity contribution in [3.8, 4) is 0 Å². The molecule has 0 bridgehead atoms. The van der Waals surface area contributed by atoms with E-state index in [2.05, 4.69) is 39.3 Å². The van der Waals surface area contributed by atoms with Gasteiger partial charge in [0.05, 0.1) is 11.9 Å². The number of rotatable bonds is 4. The lowest BCUT2D eigenvalue weighted by atomic mass is 10.1. The van der Waals surface area contributed by atoms with Crippen molar-refractivity contribution in [1.82, 2.24) is 9.88 Å². The van der Waals surface area contributed by atoms with Crippen LogP contribution in [0, 0.1) is 5.82 Å². The highest BCUT2D eigenvalue weighted by Gasteiger charge is 2.19. The number of piperazine rings is 1. The number of nitrogens with zero attached hydrogens (tertiary/aromatic N) is 3. The van der Waals surface area contributed by atoms with E-state index >= 15 is 0 Å². The highest BCUT2D eigenvalue weighted by atomic mass is 19.1. The summed E-state index contributed by atoms with van der Waals surface area (Å²) in [5.41, 5.74) is 1.89. The summed E-state index contributed by atoms with van der Waals surface area (Å²) in [6.45, 7) is 4.44. The molecule has 2 heterocycles. The molecule has 1 fully saturated rings. The number of benzene rings is 2. The molecule has 2 aromatic carbocycles. The molecule has 0 radical (unpaired) electrons. The van der Waals surface area contributed by atoms with Crippen molar-refractivity contribution in [2.45, 2.75) is 6.54 Å². The molecular formula is C21H23FN4. The topological polar surface area (TPSA) is 31.4 Å². The smallest absolute Gasteiger partial charge is 0.136 e. The first-order valence-corrected chi connectivity index (χ1v) is 9.01. The van der Waals surface area contributed by atoms with Crippen LogP contribution in [0.25, 0.3) is 10.8 Å². The van der Waals surface area contributed by atoms with Crippen LogP contribution in [0.2, 0.25) is 0 Å². The second-order valence-corrected chi connectivity index (χ2v) is 6.79. The van der Waals surface area contributed by atoms with Gasteiger partial charge in [0, 0.05) is 43.5 Å². The minimum absolute atomic E-state index is 0.212. The van der Waals surface area contributed by atoms with Crippen molar-refractivity contribution in [3.05, 3.63) is 66.1 Å². The van der Waals surface area contributed by atoms with Gasteiger partial charge in [-0.05, 0) is 18.7 Å². The molecule has 134 valence electrons. The van der Waals surface area contributed by atoms with E-state index in [1.807, 2.05) is 24.3 Å². The Bertz CT molecular complexity index is 889. The molecule has 4 rings (SSSR count). The van der Waals surface area contributed by atoms with Crippen molar-refractivity contribution in [2.24, 2.45) is 0 Å². The lowest BCUT2D eigenvalue weighted by Gasteiger charge is -2.34. The lowest BCUT2D eigenvalue weighted by Crippen LogP contribution is -2.44. The molecule has 0 atom stereocenters. The number of likely N-dealkylation sites (N-methyl/N-ethyl adjacent to an activating group) is 1.